The predicted molar refractivity (Wildman–Crippen MR) is 108 cm³/mol. The van der Waals surface area contributed by atoms with Gasteiger partial charge in [-0.15, -0.1) is 0 Å². The Kier molecular flexibility index (Phi) is 4.58. The molecule has 3 aromatic rings. The number of ketones is 1. The average molecular weight is 408 g/mol. The molecule has 0 amide bonds. The maximum absolute atomic E-state index is 13.4. The number of aromatic nitrogens is 3. The highest BCUT2D eigenvalue weighted by Gasteiger charge is 2.39. The van der Waals surface area contributed by atoms with E-state index in [-0.39, 0.29) is 28.5 Å². The Morgan fingerprint density at radius 1 is 1.10 bits per heavy atom. The molecule has 1 aromatic carbocycles. The third-order valence-corrected chi connectivity index (χ3v) is 6.91. The zero-order chi connectivity index (χ0) is 20.8. The van der Waals surface area contributed by atoms with Gasteiger partial charge in [0.1, 0.15) is 5.70 Å². The number of benzene rings is 1. The van der Waals surface area contributed by atoms with Crippen LogP contribution in [0.1, 0.15) is 32.9 Å². The standard InChI is InChI=1S/C21H20N4O3S/c1-14-18(15(2)24(3)23-14)11-19-21(26)17-8-4-5-9-20(17)29(27,28)25(19)13-16-7-6-10-22-12-16/h4-12H,13H2,1-3H3. The molecular formula is C21H20N4O3S. The highest BCUT2D eigenvalue weighted by Crippen LogP contribution is 2.35. The molecule has 0 radical (unpaired) electrons. The van der Waals surface area contributed by atoms with E-state index in [9.17, 15) is 13.2 Å². The van der Waals surface area contributed by atoms with E-state index in [2.05, 4.69) is 10.1 Å². The van der Waals surface area contributed by atoms with Crippen LogP contribution in [0, 0.1) is 13.8 Å². The van der Waals surface area contributed by atoms with Crippen LogP contribution in [-0.4, -0.2) is 33.3 Å². The minimum absolute atomic E-state index is 0.0143. The number of carbonyl (C=O) groups is 1. The van der Waals surface area contributed by atoms with E-state index >= 15 is 0 Å². The van der Waals surface area contributed by atoms with Crippen LogP contribution in [0.15, 0.2) is 59.4 Å². The molecule has 1 aliphatic rings. The van der Waals surface area contributed by atoms with E-state index in [1.165, 1.54) is 10.4 Å². The van der Waals surface area contributed by atoms with Gasteiger partial charge in [0.15, 0.2) is 0 Å². The van der Waals surface area contributed by atoms with Crippen molar-refractivity contribution in [2.24, 2.45) is 7.05 Å². The summed E-state index contributed by atoms with van der Waals surface area (Å²) in [5, 5.41) is 4.37. The second kappa shape index (κ2) is 6.97. The van der Waals surface area contributed by atoms with Crippen molar-refractivity contribution in [2.45, 2.75) is 25.3 Å². The number of fused-ring (bicyclic) bond motifs is 1. The molecule has 29 heavy (non-hydrogen) atoms. The first-order valence-corrected chi connectivity index (χ1v) is 10.5. The van der Waals surface area contributed by atoms with E-state index in [1.54, 1.807) is 53.5 Å². The molecule has 3 heterocycles. The number of aryl methyl sites for hydroxylation is 2. The topological polar surface area (TPSA) is 85.2 Å². The van der Waals surface area contributed by atoms with Crippen molar-refractivity contribution < 1.29 is 13.2 Å². The summed E-state index contributed by atoms with van der Waals surface area (Å²) < 4.78 is 29.7. The second-order valence-corrected chi connectivity index (χ2v) is 8.77. The van der Waals surface area contributed by atoms with Crippen LogP contribution in [0.5, 0.6) is 0 Å². The van der Waals surface area contributed by atoms with Gasteiger partial charge < -0.3 is 0 Å². The van der Waals surface area contributed by atoms with Gasteiger partial charge in [-0.2, -0.15) is 5.10 Å². The fourth-order valence-electron chi connectivity index (χ4n) is 3.48. The quantitative estimate of drug-likeness (QED) is 0.622. The van der Waals surface area contributed by atoms with Crippen LogP contribution in [0.4, 0.5) is 0 Å². The largest absolute Gasteiger partial charge is 0.287 e. The SMILES string of the molecule is Cc1nn(C)c(C)c1C=C1C(=O)c2ccccc2S(=O)(=O)N1Cc1cccnc1. The van der Waals surface area contributed by atoms with Crippen LogP contribution in [0.25, 0.3) is 6.08 Å². The summed E-state index contributed by atoms with van der Waals surface area (Å²) in [4.78, 5) is 17.4. The van der Waals surface area contributed by atoms with Crippen LogP contribution in [-0.2, 0) is 23.6 Å². The second-order valence-electron chi connectivity index (χ2n) is 6.94. The van der Waals surface area contributed by atoms with Crippen LogP contribution in [0.3, 0.4) is 0 Å². The smallest absolute Gasteiger partial charge is 0.265 e. The lowest BCUT2D eigenvalue weighted by Gasteiger charge is -2.31. The number of rotatable bonds is 3. The Bertz CT molecular complexity index is 1240. The molecular weight excluding hydrogens is 388 g/mol. The highest BCUT2D eigenvalue weighted by molar-refractivity contribution is 7.89. The lowest BCUT2D eigenvalue weighted by molar-refractivity contribution is 0.100. The summed E-state index contributed by atoms with van der Waals surface area (Å²) in [7, 11) is -2.10. The maximum atomic E-state index is 13.4. The van der Waals surface area contributed by atoms with Gasteiger partial charge in [0, 0.05) is 36.3 Å². The number of hydrogen-bond acceptors (Lipinski definition) is 5. The molecule has 1 aliphatic heterocycles. The minimum Gasteiger partial charge on any atom is -0.287 e. The van der Waals surface area contributed by atoms with Crippen LogP contribution >= 0.6 is 0 Å². The number of hydrogen-bond donors (Lipinski definition) is 0. The summed E-state index contributed by atoms with van der Waals surface area (Å²) in [5.41, 5.74) is 3.28. The van der Waals surface area contributed by atoms with Gasteiger partial charge in [0.05, 0.1) is 17.1 Å². The van der Waals surface area contributed by atoms with Gasteiger partial charge in [-0.05, 0) is 43.7 Å². The molecule has 0 saturated heterocycles. The molecule has 7 nitrogen and oxygen atoms in total. The number of allylic oxidation sites excluding steroid dienone is 1. The predicted octanol–water partition coefficient (Wildman–Crippen LogP) is 2.86. The van der Waals surface area contributed by atoms with Gasteiger partial charge in [-0.1, -0.05) is 18.2 Å². The molecule has 4 rings (SSSR count). The Morgan fingerprint density at radius 2 is 1.86 bits per heavy atom. The average Bonchev–Trinajstić information content (AvgIpc) is 2.95. The van der Waals surface area contributed by atoms with Crippen molar-refractivity contribution in [3.8, 4) is 0 Å². The first kappa shape index (κ1) is 19.1. The molecule has 0 N–H and O–H groups in total. The van der Waals surface area contributed by atoms with Crippen LogP contribution in [0.2, 0.25) is 0 Å². The number of carbonyl (C=O) groups excluding carboxylic acids is 1. The molecule has 0 unspecified atom stereocenters. The zero-order valence-corrected chi connectivity index (χ0v) is 17.1. The van der Waals surface area contributed by atoms with Crippen LogP contribution < -0.4 is 0 Å². The molecule has 0 saturated carbocycles. The molecule has 0 atom stereocenters. The van der Waals surface area contributed by atoms with Crippen molar-refractivity contribution >= 4 is 21.9 Å². The molecule has 0 bridgehead atoms. The molecule has 2 aromatic heterocycles. The molecule has 8 heteroatoms. The van der Waals surface area contributed by atoms with Crippen molar-refractivity contribution in [3.05, 3.63) is 82.6 Å². The lowest BCUT2D eigenvalue weighted by Crippen LogP contribution is -2.38. The van der Waals surface area contributed by atoms with E-state index < -0.39 is 10.0 Å². The molecule has 0 aliphatic carbocycles. The first-order chi connectivity index (χ1) is 13.8. The zero-order valence-electron chi connectivity index (χ0n) is 16.3. The maximum Gasteiger partial charge on any atom is 0.265 e. The number of nitrogens with zero attached hydrogens (tertiary/aromatic N) is 4. The summed E-state index contributed by atoms with van der Waals surface area (Å²) in [5.74, 6) is -0.332. The van der Waals surface area contributed by atoms with E-state index in [0.29, 0.717) is 5.56 Å². The Hall–Kier alpha value is -3.26. The van der Waals surface area contributed by atoms with Gasteiger partial charge in [0.25, 0.3) is 10.0 Å². The third kappa shape index (κ3) is 3.15. The first-order valence-electron chi connectivity index (χ1n) is 9.08. The Labute approximate surface area is 169 Å². The summed E-state index contributed by atoms with van der Waals surface area (Å²) in [6, 6.07) is 9.83. The van der Waals surface area contributed by atoms with Gasteiger partial charge >= 0.3 is 0 Å². The van der Waals surface area contributed by atoms with Crippen molar-refractivity contribution in [2.75, 3.05) is 0 Å². The van der Waals surface area contributed by atoms with Gasteiger partial charge in [-0.3, -0.25) is 18.8 Å². The highest BCUT2D eigenvalue weighted by atomic mass is 32.2. The molecule has 148 valence electrons. The normalized spacial score (nSPS) is 16.9. The number of sulfonamides is 1. The fraction of sp³-hybridized carbons (Fsp3) is 0.190. The van der Waals surface area contributed by atoms with Crippen molar-refractivity contribution in [1.82, 2.24) is 19.1 Å². The summed E-state index contributed by atoms with van der Waals surface area (Å²) >= 11 is 0. The third-order valence-electron chi connectivity index (χ3n) is 5.10. The number of Topliss-reactive ketones (excluding diaryl/α,β-unsaturated/α-hetero) is 1. The summed E-state index contributed by atoms with van der Waals surface area (Å²) in [6.45, 7) is 3.73. The van der Waals surface area contributed by atoms with Crippen molar-refractivity contribution in [1.29, 1.82) is 0 Å². The fourth-order valence-corrected chi connectivity index (χ4v) is 5.12. The Morgan fingerprint density at radius 3 is 2.52 bits per heavy atom. The number of pyridine rings is 1. The van der Waals surface area contributed by atoms with Gasteiger partial charge in [-0.25, -0.2) is 8.42 Å². The molecule has 0 spiro atoms. The minimum atomic E-state index is -3.91. The summed E-state index contributed by atoms with van der Waals surface area (Å²) in [6.07, 6.45) is 4.84. The van der Waals surface area contributed by atoms with E-state index in [0.717, 1.165) is 17.0 Å². The van der Waals surface area contributed by atoms with E-state index in [4.69, 9.17) is 0 Å². The monoisotopic (exact) mass is 408 g/mol. The van der Waals surface area contributed by atoms with Gasteiger partial charge in [0.2, 0.25) is 5.78 Å². The lowest BCUT2D eigenvalue weighted by atomic mass is 10.0. The van der Waals surface area contributed by atoms with E-state index in [1.807, 2.05) is 20.9 Å². The van der Waals surface area contributed by atoms with Crippen molar-refractivity contribution in [3.63, 3.8) is 0 Å². The Balaban J connectivity index is 1.95. The molecule has 0 fully saturated rings.